The Hall–Kier alpha value is -2.04. The van der Waals surface area contributed by atoms with Crippen molar-refractivity contribution in [2.24, 2.45) is 5.92 Å². The molecule has 2 aromatic rings. The van der Waals surface area contributed by atoms with Crippen LogP contribution >= 0.6 is 0 Å². The van der Waals surface area contributed by atoms with Crippen LogP contribution in [0.2, 0.25) is 0 Å². The highest BCUT2D eigenvalue weighted by Crippen LogP contribution is 2.40. The Morgan fingerprint density at radius 2 is 1.40 bits per heavy atom. The van der Waals surface area contributed by atoms with Crippen molar-refractivity contribution < 1.29 is 14.6 Å². The van der Waals surface area contributed by atoms with Crippen molar-refractivity contribution in [1.29, 1.82) is 0 Å². The van der Waals surface area contributed by atoms with Gasteiger partial charge in [-0.05, 0) is 48.2 Å². The number of piperidine rings is 1. The minimum Gasteiger partial charge on any atom is -0.497 e. The van der Waals surface area contributed by atoms with Gasteiger partial charge in [0.25, 0.3) is 0 Å². The third-order valence-electron chi connectivity index (χ3n) is 6.41. The van der Waals surface area contributed by atoms with Gasteiger partial charge in [-0.2, -0.15) is 0 Å². The van der Waals surface area contributed by atoms with Crippen LogP contribution in [-0.4, -0.2) is 25.4 Å². The Morgan fingerprint density at radius 3 is 1.97 bits per heavy atom. The van der Waals surface area contributed by atoms with Crippen LogP contribution in [0.1, 0.15) is 75.1 Å². The highest BCUT2D eigenvalue weighted by atomic mass is 16.5. The number of hydrogen-bond acceptors (Lipinski definition) is 4. The molecular weight excluding hydrogens is 374 g/mol. The summed E-state index contributed by atoms with van der Waals surface area (Å²) in [7, 11) is 3.37. The number of benzene rings is 2. The molecule has 30 heavy (non-hydrogen) atoms. The van der Waals surface area contributed by atoms with Gasteiger partial charge in [-0.3, -0.25) is 0 Å². The summed E-state index contributed by atoms with van der Waals surface area (Å²) in [6, 6.07) is 16.7. The number of ether oxygens (including phenoxy) is 2. The van der Waals surface area contributed by atoms with Crippen molar-refractivity contribution in [1.82, 2.24) is 5.32 Å². The van der Waals surface area contributed by atoms with E-state index in [2.05, 4.69) is 36.5 Å². The Kier molecular flexibility index (Phi) is 8.59. The maximum absolute atomic E-state index is 11.1. The van der Waals surface area contributed by atoms with Gasteiger partial charge in [-0.1, -0.05) is 63.3 Å². The molecule has 0 bridgehead atoms. The molecule has 0 amide bonds. The van der Waals surface area contributed by atoms with E-state index in [0.717, 1.165) is 24.3 Å². The van der Waals surface area contributed by atoms with E-state index in [9.17, 15) is 5.11 Å². The second kappa shape index (κ2) is 11.4. The maximum atomic E-state index is 11.1. The van der Waals surface area contributed by atoms with Crippen molar-refractivity contribution in [2.45, 2.75) is 70.1 Å². The molecule has 2 aromatic carbocycles. The van der Waals surface area contributed by atoms with Gasteiger partial charge in [0.15, 0.2) is 0 Å². The lowest BCUT2D eigenvalue weighted by atomic mass is 9.77. The zero-order valence-electron chi connectivity index (χ0n) is 18.6. The molecule has 1 aliphatic rings. The standard InChI is InChI=1S/C26H37NO3/c1-4-5-6-7-8-9-23-25(28)18-24(19-10-14-21(29-2)15-11-19)27-26(23)20-12-16-22(30-3)17-13-20/h10-17,23-28H,4-9,18H2,1-3H3. The molecule has 3 rings (SSSR count). The Balaban J connectivity index is 1.77. The van der Waals surface area contributed by atoms with Gasteiger partial charge < -0.3 is 19.9 Å². The number of rotatable bonds is 10. The normalized spacial score (nSPS) is 23.9. The fraction of sp³-hybridized carbons (Fsp3) is 0.538. The van der Waals surface area contributed by atoms with E-state index >= 15 is 0 Å². The van der Waals surface area contributed by atoms with Gasteiger partial charge in [0, 0.05) is 18.0 Å². The fourth-order valence-corrected chi connectivity index (χ4v) is 4.61. The van der Waals surface area contributed by atoms with Crippen LogP contribution in [0.5, 0.6) is 11.5 Å². The van der Waals surface area contributed by atoms with E-state index in [1.54, 1.807) is 14.2 Å². The lowest BCUT2D eigenvalue weighted by Gasteiger charge is -2.41. The summed E-state index contributed by atoms with van der Waals surface area (Å²) in [6.45, 7) is 2.24. The predicted molar refractivity (Wildman–Crippen MR) is 122 cm³/mol. The van der Waals surface area contributed by atoms with Crippen molar-refractivity contribution in [3.05, 3.63) is 59.7 Å². The molecule has 4 nitrogen and oxygen atoms in total. The molecule has 1 fully saturated rings. The van der Waals surface area contributed by atoms with E-state index < -0.39 is 0 Å². The number of aliphatic hydroxyl groups excluding tert-OH is 1. The maximum Gasteiger partial charge on any atom is 0.118 e. The van der Waals surface area contributed by atoms with E-state index in [-0.39, 0.29) is 24.1 Å². The first-order valence-corrected chi connectivity index (χ1v) is 11.4. The molecule has 0 radical (unpaired) electrons. The minimum atomic E-state index is -0.323. The van der Waals surface area contributed by atoms with Crippen LogP contribution in [0.4, 0.5) is 0 Å². The second-order valence-corrected chi connectivity index (χ2v) is 8.41. The van der Waals surface area contributed by atoms with Gasteiger partial charge in [-0.15, -0.1) is 0 Å². The molecule has 4 unspecified atom stereocenters. The summed E-state index contributed by atoms with van der Waals surface area (Å²) in [5.74, 6) is 1.93. The Labute approximate surface area is 181 Å². The van der Waals surface area contributed by atoms with Gasteiger partial charge >= 0.3 is 0 Å². The molecule has 1 aliphatic heterocycles. The van der Waals surface area contributed by atoms with Crippen LogP contribution in [0.25, 0.3) is 0 Å². The third kappa shape index (κ3) is 5.77. The lowest BCUT2D eigenvalue weighted by molar-refractivity contribution is 0.0253. The van der Waals surface area contributed by atoms with Gasteiger partial charge in [-0.25, -0.2) is 0 Å². The summed E-state index contributed by atoms with van der Waals surface area (Å²) in [5.41, 5.74) is 2.40. The topological polar surface area (TPSA) is 50.7 Å². The predicted octanol–water partition coefficient (Wildman–Crippen LogP) is 5.82. The van der Waals surface area contributed by atoms with Gasteiger partial charge in [0.2, 0.25) is 0 Å². The lowest BCUT2D eigenvalue weighted by Crippen LogP contribution is -2.44. The van der Waals surface area contributed by atoms with Crippen LogP contribution in [0.3, 0.4) is 0 Å². The van der Waals surface area contributed by atoms with Crippen LogP contribution in [0, 0.1) is 5.92 Å². The molecule has 0 aliphatic carbocycles. The largest absolute Gasteiger partial charge is 0.497 e. The van der Waals surface area contributed by atoms with Crippen molar-refractivity contribution >= 4 is 0 Å². The van der Waals surface area contributed by atoms with Crippen molar-refractivity contribution in [2.75, 3.05) is 14.2 Å². The first-order chi connectivity index (χ1) is 14.7. The molecule has 0 saturated carbocycles. The minimum absolute atomic E-state index is 0.120. The Morgan fingerprint density at radius 1 is 0.833 bits per heavy atom. The zero-order chi connectivity index (χ0) is 21.3. The quantitative estimate of drug-likeness (QED) is 0.484. The summed E-state index contributed by atoms with van der Waals surface area (Å²) in [5, 5.41) is 15.0. The molecular formula is C26H37NO3. The number of hydrogen-bond donors (Lipinski definition) is 2. The average Bonchev–Trinajstić information content (AvgIpc) is 2.79. The highest BCUT2D eigenvalue weighted by Gasteiger charge is 2.37. The average molecular weight is 412 g/mol. The molecule has 2 N–H and O–H groups in total. The summed E-state index contributed by atoms with van der Waals surface area (Å²) in [6.07, 6.45) is 7.71. The second-order valence-electron chi connectivity index (χ2n) is 8.41. The molecule has 4 atom stereocenters. The number of methoxy groups -OCH3 is 2. The molecule has 164 valence electrons. The van der Waals surface area contributed by atoms with Crippen LogP contribution in [0.15, 0.2) is 48.5 Å². The fourth-order valence-electron chi connectivity index (χ4n) is 4.61. The van der Waals surface area contributed by atoms with E-state index in [1.165, 1.54) is 43.2 Å². The molecule has 0 aromatic heterocycles. The Bertz CT molecular complexity index is 744. The number of aliphatic hydroxyl groups is 1. The first kappa shape index (κ1) is 22.6. The summed E-state index contributed by atoms with van der Waals surface area (Å²) in [4.78, 5) is 0. The van der Waals surface area contributed by atoms with Crippen molar-refractivity contribution in [3.63, 3.8) is 0 Å². The van der Waals surface area contributed by atoms with Gasteiger partial charge in [0.1, 0.15) is 11.5 Å². The van der Waals surface area contributed by atoms with Crippen LogP contribution in [-0.2, 0) is 0 Å². The van der Waals surface area contributed by atoms with E-state index in [0.29, 0.717) is 0 Å². The first-order valence-electron chi connectivity index (χ1n) is 11.4. The van der Waals surface area contributed by atoms with E-state index in [1.807, 2.05) is 24.3 Å². The summed E-state index contributed by atoms with van der Waals surface area (Å²) < 4.78 is 10.6. The molecule has 0 spiro atoms. The van der Waals surface area contributed by atoms with Crippen LogP contribution < -0.4 is 14.8 Å². The number of nitrogens with one attached hydrogen (secondary N) is 1. The number of unbranched alkanes of at least 4 members (excludes halogenated alkanes) is 4. The molecule has 1 heterocycles. The molecule has 1 saturated heterocycles. The third-order valence-corrected chi connectivity index (χ3v) is 6.41. The molecule has 4 heteroatoms. The monoisotopic (exact) mass is 411 g/mol. The zero-order valence-corrected chi connectivity index (χ0v) is 18.6. The van der Waals surface area contributed by atoms with E-state index in [4.69, 9.17) is 9.47 Å². The summed E-state index contributed by atoms with van der Waals surface area (Å²) >= 11 is 0. The van der Waals surface area contributed by atoms with Gasteiger partial charge in [0.05, 0.1) is 20.3 Å². The smallest absolute Gasteiger partial charge is 0.118 e. The SMILES string of the molecule is CCCCCCCC1C(O)CC(c2ccc(OC)cc2)NC1c1ccc(OC)cc1. The highest BCUT2D eigenvalue weighted by molar-refractivity contribution is 5.33. The van der Waals surface area contributed by atoms with Crippen molar-refractivity contribution in [3.8, 4) is 11.5 Å².